The number of benzene rings is 2. The molecule has 216 valence electrons. The summed E-state index contributed by atoms with van der Waals surface area (Å²) >= 11 is 0. The molecule has 8 nitrogen and oxygen atoms in total. The van der Waals surface area contributed by atoms with E-state index in [9.17, 15) is 36.2 Å². The van der Waals surface area contributed by atoms with Gasteiger partial charge < -0.3 is 25.2 Å². The minimum atomic E-state index is -4.80. The van der Waals surface area contributed by atoms with Gasteiger partial charge in [0.25, 0.3) is 0 Å². The molecule has 0 bridgehead atoms. The maximum Gasteiger partial charge on any atom is 0.416 e. The van der Waals surface area contributed by atoms with Gasteiger partial charge in [-0.3, -0.25) is 0 Å². The molecule has 0 spiro atoms. The summed E-state index contributed by atoms with van der Waals surface area (Å²) in [5.41, 5.74) is 3.45. The standard InChI is InChI=1S/C16H17N3O4.C10H9F6N/c1-22-13-5-3-2-4-11(13)14-12(15(20)21)10-17-16(18-14)19-6-8-23-9-7-19;11-9(12,13)7-3-6(1-2-17)4-8(5-7)10(14,15)16/h2-5,10H,6-9H2,1H3,(H,20,21);3-5H,1-2,17H2. The Bertz CT molecular complexity index is 1280. The van der Waals surface area contributed by atoms with Crippen molar-refractivity contribution in [3.8, 4) is 17.0 Å². The molecule has 3 N–H and O–H groups in total. The first-order valence-electron chi connectivity index (χ1n) is 11.9. The molecule has 0 amide bonds. The second kappa shape index (κ2) is 13.0. The number of para-hydroxylation sites is 1. The van der Waals surface area contributed by atoms with Crippen LogP contribution in [0.25, 0.3) is 11.3 Å². The smallest absolute Gasteiger partial charge is 0.416 e. The van der Waals surface area contributed by atoms with Crippen molar-refractivity contribution < 1.29 is 45.7 Å². The number of morpholine rings is 1. The van der Waals surface area contributed by atoms with Gasteiger partial charge >= 0.3 is 18.3 Å². The average Bonchev–Trinajstić information content (AvgIpc) is 2.92. The molecule has 0 atom stereocenters. The first kappa shape index (κ1) is 30.6. The van der Waals surface area contributed by atoms with Gasteiger partial charge in [-0.15, -0.1) is 0 Å². The fraction of sp³-hybridized carbons (Fsp3) is 0.346. The van der Waals surface area contributed by atoms with Gasteiger partial charge in [-0.05, 0) is 48.9 Å². The first-order valence-corrected chi connectivity index (χ1v) is 11.9. The summed E-state index contributed by atoms with van der Waals surface area (Å²) in [6.45, 7) is 2.55. The average molecular weight is 573 g/mol. The van der Waals surface area contributed by atoms with Crippen LogP contribution in [0, 0.1) is 0 Å². The van der Waals surface area contributed by atoms with Crippen molar-refractivity contribution in [2.75, 3.05) is 44.9 Å². The number of ether oxygens (including phenoxy) is 2. The SMILES string of the molecule is COc1ccccc1-c1nc(N2CCOCC2)ncc1C(=O)O.NCCc1cc(C(F)(F)F)cc(C(F)(F)F)c1. The number of carboxylic acids is 1. The normalized spacial score (nSPS) is 13.8. The number of anilines is 1. The molecule has 40 heavy (non-hydrogen) atoms. The molecule has 3 aromatic rings. The summed E-state index contributed by atoms with van der Waals surface area (Å²) in [6, 6.07) is 8.67. The van der Waals surface area contributed by atoms with E-state index in [0.29, 0.717) is 61.4 Å². The second-order valence-electron chi connectivity index (χ2n) is 8.49. The van der Waals surface area contributed by atoms with Crippen molar-refractivity contribution in [1.29, 1.82) is 0 Å². The summed E-state index contributed by atoms with van der Waals surface area (Å²) in [6.07, 6.45) is -8.29. The van der Waals surface area contributed by atoms with Crippen LogP contribution >= 0.6 is 0 Å². The zero-order valence-electron chi connectivity index (χ0n) is 21.2. The molecule has 1 aromatic heterocycles. The third kappa shape index (κ3) is 7.82. The Morgan fingerprint density at radius 2 is 1.65 bits per heavy atom. The van der Waals surface area contributed by atoms with Crippen LogP contribution in [0.5, 0.6) is 5.75 Å². The van der Waals surface area contributed by atoms with Crippen molar-refractivity contribution in [3.05, 3.63) is 70.9 Å². The van der Waals surface area contributed by atoms with Crippen molar-refractivity contribution >= 4 is 11.9 Å². The molecule has 0 aliphatic carbocycles. The number of carboxylic acid groups (broad SMARTS) is 1. The van der Waals surface area contributed by atoms with Crippen molar-refractivity contribution in [3.63, 3.8) is 0 Å². The van der Waals surface area contributed by atoms with Gasteiger partial charge in [0.1, 0.15) is 11.3 Å². The number of alkyl halides is 6. The van der Waals surface area contributed by atoms with Crippen LogP contribution in [-0.4, -0.2) is 61.0 Å². The lowest BCUT2D eigenvalue weighted by Crippen LogP contribution is -2.37. The van der Waals surface area contributed by atoms with E-state index in [4.69, 9.17) is 15.2 Å². The molecule has 0 unspecified atom stereocenters. The van der Waals surface area contributed by atoms with E-state index in [2.05, 4.69) is 9.97 Å². The zero-order chi connectivity index (χ0) is 29.5. The lowest BCUT2D eigenvalue weighted by atomic mass is 10.0. The maximum atomic E-state index is 12.4. The topological polar surface area (TPSA) is 111 Å². The summed E-state index contributed by atoms with van der Waals surface area (Å²) in [7, 11) is 1.54. The summed E-state index contributed by atoms with van der Waals surface area (Å²) in [5, 5.41) is 9.44. The summed E-state index contributed by atoms with van der Waals surface area (Å²) in [4.78, 5) is 22.2. The van der Waals surface area contributed by atoms with Gasteiger partial charge in [0.15, 0.2) is 0 Å². The predicted octanol–water partition coefficient (Wildman–Crippen LogP) is 4.91. The molecule has 4 rings (SSSR count). The van der Waals surface area contributed by atoms with E-state index >= 15 is 0 Å². The maximum absolute atomic E-state index is 12.4. The van der Waals surface area contributed by atoms with Crippen molar-refractivity contribution in [2.24, 2.45) is 5.73 Å². The van der Waals surface area contributed by atoms with E-state index in [1.54, 1.807) is 19.2 Å². The molecular formula is C26H26F6N4O4. The van der Waals surface area contributed by atoms with E-state index in [1.807, 2.05) is 17.0 Å². The molecule has 0 saturated carbocycles. The van der Waals surface area contributed by atoms with Gasteiger partial charge in [-0.1, -0.05) is 12.1 Å². The molecular weight excluding hydrogens is 546 g/mol. The van der Waals surface area contributed by atoms with Gasteiger partial charge in [0.05, 0.1) is 37.1 Å². The highest BCUT2D eigenvalue weighted by Crippen LogP contribution is 2.36. The number of halogens is 6. The third-order valence-electron chi connectivity index (χ3n) is 5.74. The number of rotatable bonds is 6. The number of methoxy groups -OCH3 is 1. The number of aromatic nitrogens is 2. The van der Waals surface area contributed by atoms with E-state index < -0.39 is 29.4 Å². The monoisotopic (exact) mass is 572 g/mol. The van der Waals surface area contributed by atoms with Crippen LogP contribution in [0.1, 0.15) is 27.0 Å². The molecule has 0 radical (unpaired) electrons. The Labute approximate surface area is 225 Å². The van der Waals surface area contributed by atoms with Crippen LogP contribution in [0.4, 0.5) is 32.3 Å². The number of aromatic carboxylic acids is 1. The molecule has 1 fully saturated rings. The zero-order valence-corrected chi connectivity index (χ0v) is 21.2. The number of nitrogens with zero attached hydrogens (tertiary/aromatic N) is 3. The predicted molar refractivity (Wildman–Crippen MR) is 133 cm³/mol. The third-order valence-corrected chi connectivity index (χ3v) is 5.74. The fourth-order valence-electron chi connectivity index (χ4n) is 3.82. The Balaban J connectivity index is 0.000000232. The number of hydrogen-bond acceptors (Lipinski definition) is 7. The lowest BCUT2D eigenvalue weighted by Gasteiger charge is -2.27. The van der Waals surface area contributed by atoms with Gasteiger partial charge in [0.2, 0.25) is 5.95 Å². The Hall–Kier alpha value is -3.91. The highest BCUT2D eigenvalue weighted by Gasteiger charge is 2.36. The number of hydrogen-bond donors (Lipinski definition) is 2. The van der Waals surface area contributed by atoms with Crippen LogP contribution < -0.4 is 15.4 Å². The minimum absolute atomic E-state index is 0.0153. The van der Waals surface area contributed by atoms with E-state index in [1.165, 1.54) is 6.20 Å². The van der Waals surface area contributed by atoms with Crippen LogP contribution in [-0.2, 0) is 23.5 Å². The second-order valence-corrected chi connectivity index (χ2v) is 8.49. The molecule has 14 heteroatoms. The van der Waals surface area contributed by atoms with Crippen molar-refractivity contribution in [2.45, 2.75) is 18.8 Å². The number of carbonyl (C=O) groups is 1. The first-order chi connectivity index (χ1) is 18.8. The van der Waals surface area contributed by atoms with Crippen LogP contribution in [0.15, 0.2) is 48.7 Å². The van der Waals surface area contributed by atoms with Gasteiger partial charge in [-0.25, -0.2) is 14.8 Å². The quantitative estimate of drug-likeness (QED) is 0.401. The highest BCUT2D eigenvalue weighted by atomic mass is 19.4. The molecule has 2 aromatic carbocycles. The molecule has 1 aliphatic heterocycles. The Morgan fingerprint density at radius 3 is 2.17 bits per heavy atom. The van der Waals surface area contributed by atoms with Gasteiger partial charge in [-0.2, -0.15) is 26.3 Å². The largest absolute Gasteiger partial charge is 0.496 e. The van der Waals surface area contributed by atoms with Crippen LogP contribution in [0.3, 0.4) is 0 Å². The minimum Gasteiger partial charge on any atom is -0.496 e. The van der Waals surface area contributed by atoms with Gasteiger partial charge in [0, 0.05) is 24.8 Å². The fourth-order valence-corrected chi connectivity index (χ4v) is 3.82. The molecule has 1 aliphatic rings. The number of nitrogens with two attached hydrogens (primary N) is 1. The highest BCUT2D eigenvalue weighted by molar-refractivity contribution is 5.95. The van der Waals surface area contributed by atoms with Crippen LogP contribution in [0.2, 0.25) is 0 Å². The van der Waals surface area contributed by atoms with Crippen molar-refractivity contribution in [1.82, 2.24) is 9.97 Å². The molecule has 2 heterocycles. The summed E-state index contributed by atoms with van der Waals surface area (Å²) < 4.78 is 84.9. The molecule has 1 saturated heterocycles. The Kier molecular flexibility index (Phi) is 9.93. The summed E-state index contributed by atoms with van der Waals surface area (Å²) in [5.74, 6) is 0.000247. The Morgan fingerprint density at radius 1 is 1.05 bits per heavy atom. The lowest BCUT2D eigenvalue weighted by molar-refractivity contribution is -0.143. The van der Waals surface area contributed by atoms with E-state index in [0.717, 1.165) is 0 Å². The van der Waals surface area contributed by atoms with E-state index in [-0.39, 0.29) is 30.2 Å².